The van der Waals surface area contributed by atoms with E-state index >= 15 is 0 Å². The third-order valence-electron chi connectivity index (χ3n) is 12.3. The summed E-state index contributed by atoms with van der Waals surface area (Å²) in [5.74, 6) is 1.71. The molecular formula is C52H35N3O. The van der Waals surface area contributed by atoms with Crippen LogP contribution < -0.4 is 0 Å². The highest BCUT2D eigenvalue weighted by atomic mass is 16.3. The van der Waals surface area contributed by atoms with E-state index < -0.39 is 5.41 Å². The summed E-state index contributed by atoms with van der Waals surface area (Å²) in [5.41, 5.74) is 12.2. The number of hydrogen-bond acceptors (Lipinski definition) is 3. The van der Waals surface area contributed by atoms with Crippen LogP contribution in [-0.4, -0.2) is 22.5 Å². The summed E-state index contributed by atoms with van der Waals surface area (Å²) < 4.78 is 9.30. The van der Waals surface area contributed by atoms with Crippen molar-refractivity contribution in [2.75, 3.05) is 7.05 Å². The number of para-hydroxylation sites is 2. The number of furan rings is 1. The van der Waals surface area contributed by atoms with E-state index in [1.807, 2.05) is 6.07 Å². The molecule has 3 heterocycles. The first-order valence-electron chi connectivity index (χ1n) is 19.3. The highest BCUT2D eigenvalue weighted by molar-refractivity contribution is 6.18. The van der Waals surface area contributed by atoms with Crippen LogP contribution in [0.25, 0.3) is 54.7 Å². The van der Waals surface area contributed by atoms with Crippen molar-refractivity contribution in [2.24, 2.45) is 4.99 Å². The standard InChI is InChI=1S/C52H35N3O/c1-54-49(40-26-16-28-43-47(40)38-24-10-13-27-42(38)52(43,35-19-4-2-5-20-35)36-21-6-3-7-22-36)50-48(39-25-12-15-30-46(39)56-50)53-51(54)55-44-29-14-11-23-37(44)41-31-33-17-8-9-18-34(33)32-45(41)55/h2-32,49H,1H3. The van der Waals surface area contributed by atoms with E-state index in [0.717, 1.165) is 39.4 Å². The molecular weight excluding hydrogens is 683 g/mol. The van der Waals surface area contributed by atoms with Crippen molar-refractivity contribution in [1.82, 2.24) is 9.47 Å². The topological polar surface area (TPSA) is 33.7 Å². The number of nitrogens with zero attached hydrogens (tertiary/aromatic N) is 3. The molecule has 4 heteroatoms. The van der Waals surface area contributed by atoms with Gasteiger partial charge in [0.1, 0.15) is 17.3 Å². The number of hydrogen-bond donors (Lipinski definition) is 0. The van der Waals surface area contributed by atoms with Gasteiger partial charge in [-0.05, 0) is 80.0 Å². The first kappa shape index (κ1) is 31.2. The molecule has 1 unspecified atom stereocenters. The van der Waals surface area contributed by atoms with E-state index in [9.17, 15) is 0 Å². The third kappa shape index (κ3) is 4.10. The summed E-state index contributed by atoms with van der Waals surface area (Å²) >= 11 is 0. The molecule has 2 aromatic heterocycles. The Bertz CT molecular complexity index is 3190. The lowest BCUT2D eigenvalue weighted by Gasteiger charge is -2.36. The molecule has 0 radical (unpaired) electrons. The molecule has 0 amide bonds. The van der Waals surface area contributed by atoms with Crippen LogP contribution >= 0.6 is 0 Å². The fraction of sp³-hybridized carbons (Fsp3) is 0.0577. The molecule has 0 saturated carbocycles. The maximum atomic E-state index is 6.94. The van der Waals surface area contributed by atoms with Gasteiger partial charge in [-0.25, -0.2) is 4.99 Å². The smallest absolute Gasteiger partial charge is 0.211 e. The van der Waals surface area contributed by atoms with Crippen LogP contribution in [-0.2, 0) is 5.41 Å². The van der Waals surface area contributed by atoms with Gasteiger partial charge in [-0.3, -0.25) is 4.57 Å². The van der Waals surface area contributed by atoms with Crippen LogP contribution in [0.4, 0.5) is 5.69 Å². The maximum absolute atomic E-state index is 6.94. The van der Waals surface area contributed by atoms with Gasteiger partial charge in [-0.2, -0.15) is 0 Å². The molecule has 0 saturated heterocycles. The summed E-state index contributed by atoms with van der Waals surface area (Å²) in [6, 6.07) is 67.9. The minimum Gasteiger partial charge on any atom is -0.456 e. The molecule has 264 valence electrons. The second-order valence-electron chi connectivity index (χ2n) is 15.1. The van der Waals surface area contributed by atoms with Gasteiger partial charge < -0.3 is 9.32 Å². The molecule has 2 aliphatic rings. The maximum Gasteiger partial charge on any atom is 0.211 e. The zero-order chi connectivity index (χ0) is 37.0. The van der Waals surface area contributed by atoms with E-state index in [0.29, 0.717) is 0 Å². The van der Waals surface area contributed by atoms with Crippen molar-refractivity contribution in [1.29, 1.82) is 0 Å². The lowest BCUT2D eigenvalue weighted by molar-refractivity contribution is 0.353. The van der Waals surface area contributed by atoms with Crippen LogP contribution in [0.2, 0.25) is 0 Å². The highest BCUT2D eigenvalue weighted by Crippen LogP contribution is 2.59. The van der Waals surface area contributed by atoms with Crippen molar-refractivity contribution < 1.29 is 4.42 Å². The van der Waals surface area contributed by atoms with Gasteiger partial charge in [0, 0.05) is 23.2 Å². The molecule has 0 spiro atoms. The van der Waals surface area contributed by atoms with E-state index in [1.165, 1.54) is 60.5 Å². The van der Waals surface area contributed by atoms with Gasteiger partial charge in [-0.15, -0.1) is 0 Å². The Morgan fingerprint density at radius 1 is 0.536 bits per heavy atom. The normalized spacial score (nSPS) is 15.6. The molecule has 56 heavy (non-hydrogen) atoms. The fourth-order valence-corrected chi connectivity index (χ4v) is 10.00. The first-order valence-corrected chi connectivity index (χ1v) is 19.3. The number of rotatable bonds is 3. The third-order valence-corrected chi connectivity index (χ3v) is 12.3. The van der Waals surface area contributed by atoms with Crippen molar-refractivity contribution in [3.8, 4) is 11.1 Å². The van der Waals surface area contributed by atoms with Crippen molar-refractivity contribution in [2.45, 2.75) is 11.5 Å². The molecule has 8 aromatic carbocycles. The Hall–Kier alpha value is -7.17. The zero-order valence-electron chi connectivity index (χ0n) is 30.7. The van der Waals surface area contributed by atoms with E-state index in [2.05, 4.69) is 199 Å². The second-order valence-corrected chi connectivity index (χ2v) is 15.1. The number of aromatic nitrogens is 1. The minimum absolute atomic E-state index is 0.285. The highest BCUT2D eigenvalue weighted by Gasteiger charge is 2.48. The fourth-order valence-electron chi connectivity index (χ4n) is 10.00. The Balaban J connectivity index is 1.17. The SMILES string of the molecule is CN1C(n2c3ccccc3c3cc4ccccc4cc32)=Nc2c(oc3ccccc23)C1c1cccc2c1-c1ccccc1C2(c1ccccc1)c1ccccc1. The second kappa shape index (κ2) is 11.7. The van der Waals surface area contributed by atoms with E-state index in [-0.39, 0.29) is 6.04 Å². The molecule has 12 rings (SSSR count). The Morgan fingerprint density at radius 2 is 1.16 bits per heavy atom. The summed E-state index contributed by atoms with van der Waals surface area (Å²) in [7, 11) is 2.18. The zero-order valence-corrected chi connectivity index (χ0v) is 30.7. The Labute approximate surface area is 324 Å². The van der Waals surface area contributed by atoms with Crippen molar-refractivity contribution in [3.63, 3.8) is 0 Å². The van der Waals surface area contributed by atoms with Crippen LogP contribution in [0.1, 0.15) is 39.6 Å². The molecule has 0 fully saturated rings. The number of benzene rings is 8. The largest absolute Gasteiger partial charge is 0.456 e. The van der Waals surface area contributed by atoms with Crippen LogP contribution in [0.5, 0.6) is 0 Å². The summed E-state index contributed by atoms with van der Waals surface area (Å²) in [5, 5.41) is 5.85. The van der Waals surface area contributed by atoms with Crippen LogP contribution in [0, 0.1) is 0 Å². The Kier molecular flexibility index (Phi) is 6.50. The Morgan fingerprint density at radius 3 is 1.95 bits per heavy atom. The molecule has 0 N–H and O–H groups in total. The van der Waals surface area contributed by atoms with Crippen LogP contribution in [0.15, 0.2) is 197 Å². The molecule has 1 aliphatic carbocycles. The average molecular weight is 718 g/mol. The predicted octanol–water partition coefficient (Wildman–Crippen LogP) is 12.6. The van der Waals surface area contributed by atoms with Gasteiger partial charge in [0.2, 0.25) is 5.96 Å². The summed E-state index contributed by atoms with van der Waals surface area (Å²) in [6.45, 7) is 0. The monoisotopic (exact) mass is 717 g/mol. The summed E-state index contributed by atoms with van der Waals surface area (Å²) in [4.78, 5) is 7.93. The van der Waals surface area contributed by atoms with E-state index in [4.69, 9.17) is 9.41 Å². The molecule has 1 aliphatic heterocycles. The lowest BCUT2D eigenvalue weighted by Crippen LogP contribution is -2.38. The summed E-state index contributed by atoms with van der Waals surface area (Å²) in [6.07, 6.45) is 0. The molecule has 1 atom stereocenters. The number of aliphatic imine (C=N–C) groups is 1. The quantitative estimate of drug-likeness (QED) is 0.182. The van der Waals surface area contributed by atoms with Gasteiger partial charge in [0.25, 0.3) is 0 Å². The number of fused-ring (bicyclic) bond motifs is 10. The minimum atomic E-state index is -0.515. The van der Waals surface area contributed by atoms with Crippen LogP contribution in [0.3, 0.4) is 0 Å². The first-order chi connectivity index (χ1) is 27.7. The molecule has 4 nitrogen and oxygen atoms in total. The van der Waals surface area contributed by atoms with Gasteiger partial charge >= 0.3 is 0 Å². The average Bonchev–Trinajstić information content (AvgIpc) is 3.89. The predicted molar refractivity (Wildman–Crippen MR) is 229 cm³/mol. The molecule has 0 bridgehead atoms. The van der Waals surface area contributed by atoms with Crippen molar-refractivity contribution >= 4 is 55.2 Å². The van der Waals surface area contributed by atoms with Gasteiger partial charge in [0.05, 0.1) is 16.4 Å². The lowest BCUT2D eigenvalue weighted by atomic mass is 9.67. The van der Waals surface area contributed by atoms with Gasteiger partial charge in [0.15, 0.2) is 5.76 Å². The molecule has 10 aromatic rings. The van der Waals surface area contributed by atoms with E-state index in [1.54, 1.807) is 0 Å². The van der Waals surface area contributed by atoms with Crippen molar-refractivity contribution in [3.05, 3.63) is 222 Å². The van der Waals surface area contributed by atoms with Gasteiger partial charge in [-0.1, -0.05) is 158 Å².